The van der Waals surface area contributed by atoms with Gasteiger partial charge in [-0.3, -0.25) is 5.43 Å². The number of piperidine rings is 1. The minimum atomic E-state index is 0.682. The Bertz CT molecular complexity index is 144. The van der Waals surface area contributed by atoms with E-state index in [1.807, 2.05) is 7.05 Å². The van der Waals surface area contributed by atoms with Crippen molar-refractivity contribution in [2.24, 2.45) is 5.41 Å². The van der Waals surface area contributed by atoms with Crippen molar-refractivity contribution in [1.82, 2.24) is 10.4 Å². The molecule has 0 aromatic carbocycles. The second kappa shape index (κ2) is 1.95. The van der Waals surface area contributed by atoms with Gasteiger partial charge in [0.15, 0.2) is 0 Å². The van der Waals surface area contributed by atoms with E-state index in [0.717, 1.165) is 6.04 Å². The molecule has 2 aliphatic rings. The zero-order valence-electron chi connectivity index (χ0n) is 6.85. The van der Waals surface area contributed by atoms with Gasteiger partial charge in [-0.25, -0.2) is 5.01 Å². The molecule has 1 heterocycles. The van der Waals surface area contributed by atoms with E-state index in [1.165, 1.54) is 25.8 Å². The molecule has 0 spiro atoms. The Hall–Kier alpha value is -0.0800. The zero-order chi connectivity index (χ0) is 7.19. The number of hydrogen-bond acceptors (Lipinski definition) is 2. The van der Waals surface area contributed by atoms with Gasteiger partial charge >= 0.3 is 0 Å². The highest BCUT2D eigenvalue weighted by Crippen LogP contribution is 2.54. The van der Waals surface area contributed by atoms with Crippen LogP contribution in [0, 0.1) is 5.41 Å². The third kappa shape index (κ3) is 0.789. The molecule has 1 aliphatic carbocycles. The van der Waals surface area contributed by atoms with E-state index in [1.54, 1.807) is 0 Å². The smallest absolute Gasteiger partial charge is 0.0303 e. The van der Waals surface area contributed by atoms with Crippen LogP contribution in [0.4, 0.5) is 0 Å². The maximum absolute atomic E-state index is 3.25. The molecule has 1 N–H and O–H groups in total. The van der Waals surface area contributed by atoms with Crippen LogP contribution in [0.25, 0.3) is 0 Å². The maximum Gasteiger partial charge on any atom is 0.0303 e. The number of hydrogen-bond donors (Lipinski definition) is 1. The van der Waals surface area contributed by atoms with Crippen molar-refractivity contribution >= 4 is 0 Å². The third-order valence-corrected chi connectivity index (χ3v) is 3.11. The van der Waals surface area contributed by atoms with Gasteiger partial charge in [0, 0.05) is 12.6 Å². The summed E-state index contributed by atoms with van der Waals surface area (Å²) in [6.07, 6.45) is 4.22. The average molecular weight is 140 g/mol. The van der Waals surface area contributed by atoms with Crippen LogP contribution in [0.2, 0.25) is 0 Å². The fourth-order valence-electron chi connectivity index (χ4n) is 2.21. The van der Waals surface area contributed by atoms with Crippen molar-refractivity contribution < 1.29 is 0 Å². The van der Waals surface area contributed by atoms with Crippen LogP contribution in [-0.4, -0.2) is 24.6 Å². The van der Waals surface area contributed by atoms with E-state index >= 15 is 0 Å². The van der Waals surface area contributed by atoms with Gasteiger partial charge in [0.05, 0.1) is 0 Å². The average Bonchev–Trinajstić information content (AvgIpc) is 2.59. The van der Waals surface area contributed by atoms with Gasteiger partial charge in [0.1, 0.15) is 0 Å². The fraction of sp³-hybridized carbons (Fsp3) is 1.00. The fourth-order valence-corrected chi connectivity index (χ4v) is 2.21. The first-order chi connectivity index (χ1) is 4.76. The predicted octanol–water partition coefficient (Wildman–Crippen LogP) is 0.995. The molecule has 1 saturated heterocycles. The molecule has 58 valence electrons. The molecule has 0 bridgehead atoms. The lowest BCUT2D eigenvalue weighted by Crippen LogP contribution is -2.42. The molecule has 2 atom stereocenters. The number of nitrogens with zero attached hydrogens (tertiary/aromatic N) is 1. The maximum atomic E-state index is 3.25. The normalized spacial score (nSPS) is 46.8. The topological polar surface area (TPSA) is 15.3 Å². The molecular weight excluding hydrogens is 124 g/mol. The van der Waals surface area contributed by atoms with Crippen molar-refractivity contribution in [2.45, 2.75) is 32.2 Å². The summed E-state index contributed by atoms with van der Waals surface area (Å²) < 4.78 is 0. The summed E-state index contributed by atoms with van der Waals surface area (Å²) in [6.45, 7) is 3.65. The summed E-state index contributed by atoms with van der Waals surface area (Å²) in [4.78, 5) is 0. The highest BCUT2D eigenvalue weighted by Gasteiger charge is 2.54. The first-order valence-corrected chi connectivity index (χ1v) is 4.20. The number of nitrogens with one attached hydrogen (secondary N) is 1. The first kappa shape index (κ1) is 6.62. The van der Waals surface area contributed by atoms with Gasteiger partial charge in [0.25, 0.3) is 0 Å². The molecule has 0 amide bonds. The Morgan fingerprint density at radius 2 is 2.40 bits per heavy atom. The van der Waals surface area contributed by atoms with Gasteiger partial charge in [0.2, 0.25) is 0 Å². The lowest BCUT2D eigenvalue weighted by molar-refractivity contribution is 0.131. The molecule has 2 nitrogen and oxygen atoms in total. The molecule has 2 heteroatoms. The summed E-state index contributed by atoms with van der Waals surface area (Å²) in [6, 6.07) is 0.853. The highest BCUT2D eigenvalue weighted by atomic mass is 15.5. The molecule has 1 saturated carbocycles. The van der Waals surface area contributed by atoms with Crippen molar-refractivity contribution in [3.63, 3.8) is 0 Å². The zero-order valence-corrected chi connectivity index (χ0v) is 6.85. The predicted molar refractivity (Wildman–Crippen MR) is 41.5 cm³/mol. The molecule has 0 radical (unpaired) electrons. The van der Waals surface area contributed by atoms with Crippen molar-refractivity contribution in [3.8, 4) is 0 Å². The van der Waals surface area contributed by atoms with Gasteiger partial charge in [-0.2, -0.15) is 0 Å². The van der Waals surface area contributed by atoms with Crippen molar-refractivity contribution in [2.75, 3.05) is 13.6 Å². The van der Waals surface area contributed by atoms with E-state index in [9.17, 15) is 0 Å². The van der Waals surface area contributed by atoms with E-state index in [0.29, 0.717) is 5.41 Å². The molecule has 0 aromatic heterocycles. The Kier molecular flexibility index (Phi) is 1.29. The first-order valence-electron chi connectivity index (χ1n) is 4.20. The molecule has 2 fully saturated rings. The van der Waals surface area contributed by atoms with Crippen LogP contribution >= 0.6 is 0 Å². The summed E-state index contributed by atoms with van der Waals surface area (Å²) in [5.74, 6) is 0. The van der Waals surface area contributed by atoms with Crippen LogP contribution in [0.5, 0.6) is 0 Å². The Labute approximate surface area is 62.6 Å². The molecular formula is C8H16N2. The minimum absolute atomic E-state index is 0.682. The molecule has 2 unspecified atom stereocenters. The van der Waals surface area contributed by atoms with Gasteiger partial charge in [-0.15, -0.1) is 0 Å². The SMILES string of the molecule is CNN1CCCC2(C)CC12. The monoisotopic (exact) mass is 140 g/mol. The van der Waals surface area contributed by atoms with E-state index in [2.05, 4.69) is 17.4 Å². The van der Waals surface area contributed by atoms with Gasteiger partial charge in [-0.05, 0) is 31.7 Å². The van der Waals surface area contributed by atoms with Crippen LogP contribution in [-0.2, 0) is 0 Å². The van der Waals surface area contributed by atoms with Crippen molar-refractivity contribution in [1.29, 1.82) is 0 Å². The summed E-state index contributed by atoms with van der Waals surface area (Å²) >= 11 is 0. The Morgan fingerprint density at radius 3 is 3.00 bits per heavy atom. The molecule has 0 aromatic rings. The van der Waals surface area contributed by atoms with E-state index in [-0.39, 0.29) is 0 Å². The quantitative estimate of drug-likeness (QED) is 0.584. The second-order valence-electron chi connectivity index (χ2n) is 3.89. The van der Waals surface area contributed by atoms with Gasteiger partial charge < -0.3 is 0 Å². The largest absolute Gasteiger partial charge is 0.258 e. The lowest BCUT2D eigenvalue weighted by atomic mass is 9.99. The highest BCUT2D eigenvalue weighted by molar-refractivity contribution is 5.07. The lowest BCUT2D eigenvalue weighted by Gasteiger charge is -2.29. The van der Waals surface area contributed by atoms with Crippen LogP contribution in [0.1, 0.15) is 26.2 Å². The van der Waals surface area contributed by atoms with E-state index < -0.39 is 0 Å². The van der Waals surface area contributed by atoms with Crippen LogP contribution in [0.3, 0.4) is 0 Å². The van der Waals surface area contributed by atoms with E-state index in [4.69, 9.17) is 0 Å². The molecule has 2 rings (SSSR count). The second-order valence-corrected chi connectivity index (χ2v) is 3.89. The Morgan fingerprint density at radius 1 is 1.60 bits per heavy atom. The van der Waals surface area contributed by atoms with Crippen LogP contribution in [0.15, 0.2) is 0 Å². The number of rotatable bonds is 1. The summed E-state index contributed by atoms with van der Waals surface area (Å²) in [7, 11) is 2.03. The minimum Gasteiger partial charge on any atom is -0.258 e. The van der Waals surface area contributed by atoms with Crippen LogP contribution < -0.4 is 5.43 Å². The van der Waals surface area contributed by atoms with Gasteiger partial charge in [-0.1, -0.05) is 6.92 Å². The summed E-state index contributed by atoms with van der Waals surface area (Å²) in [5, 5.41) is 2.39. The van der Waals surface area contributed by atoms with Crippen molar-refractivity contribution in [3.05, 3.63) is 0 Å². The molecule has 10 heavy (non-hydrogen) atoms. The summed E-state index contributed by atoms with van der Waals surface area (Å²) in [5.41, 5.74) is 3.94. The number of fused-ring (bicyclic) bond motifs is 1. The standard InChI is InChI=1S/C8H16N2/c1-8-4-3-5-10(9-2)7(8)6-8/h7,9H,3-6H2,1-2H3. The molecule has 1 aliphatic heterocycles. The number of hydrazine groups is 1. The third-order valence-electron chi connectivity index (χ3n) is 3.11. The Balaban J connectivity index is 2.02.